The molecule has 0 aromatic heterocycles. The molecule has 0 N–H and O–H groups in total. The van der Waals surface area contributed by atoms with E-state index in [1.165, 1.54) is 0 Å². The smallest absolute Gasteiger partial charge is 0.311 e. The summed E-state index contributed by atoms with van der Waals surface area (Å²) >= 11 is 0. The first kappa shape index (κ1) is 30.0. The summed E-state index contributed by atoms with van der Waals surface area (Å²) in [6.07, 6.45) is 0. The van der Waals surface area contributed by atoms with E-state index in [2.05, 4.69) is 4.90 Å². The SMILES string of the molecule is CCOC(=O)C1C(c2ccc3c(c2)OCO3)CN(CC(=O)N(C)Cc2ccc(OC)c(OC)c2)C1c1ccc(OC)cc1. The number of likely N-dealkylation sites (N-methyl/N-ethyl adjacent to an activating group) is 1. The minimum atomic E-state index is -0.558. The molecule has 0 spiro atoms. The third kappa shape index (κ3) is 6.34. The second kappa shape index (κ2) is 13.2. The van der Waals surface area contributed by atoms with Gasteiger partial charge in [0.2, 0.25) is 12.7 Å². The van der Waals surface area contributed by atoms with Crippen LogP contribution in [0.25, 0.3) is 0 Å². The maximum Gasteiger partial charge on any atom is 0.311 e. The second-order valence-electron chi connectivity index (χ2n) is 10.6. The summed E-state index contributed by atoms with van der Waals surface area (Å²) < 4.78 is 32.9. The summed E-state index contributed by atoms with van der Waals surface area (Å²) in [5.74, 6) is 2.06. The van der Waals surface area contributed by atoms with E-state index < -0.39 is 12.0 Å². The maximum atomic E-state index is 13.7. The van der Waals surface area contributed by atoms with Crippen LogP contribution in [0.5, 0.6) is 28.7 Å². The molecule has 1 saturated heterocycles. The Morgan fingerprint density at radius 3 is 2.30 bits per heavy atom. The molecule has 1 amide bonds. The van der Waals surface area contributed by atoms with E-state index >= 15 is 0 Å². The van der Waals surface area contributed by atoms with Crippen molar-refractivity contribution in [2.24, 2.45) is 5.92 Å². The Balaban J connectivity index is 1.45. The van der Waals surface area contributed by atoms with Gasteiger partial charge in [-0.2, -0.15) is 0 Å². The number of methoxy groups -OCH3 is 3. The lowest BCUT2D eigenvalue weighted by Crippen LogP contribution is -2.39. The molecule has 0 saturated carbocycles. The van der Waals surface area contributed by atoms with Gasteiger partial charge in [-0.3, -0.25) is 14.5 Å². The van der Waals surface area contributed by atoms with Crippen LogP contribution in [0.3, 0.4) is 0 Å². The van der Waals surface area contributed by atoms with Crippen LogP contribution < -0.4 is 23.7 Å². The first-order valence-corrected chi connectivity index (χ1v) is 14.3. The molecule has 10 heteroatoms. The maximum absolute atomic E-state index is 13.7. The van der Waals surface area contributed by atoms with E-state index in [1.54, 1.807) is 40.2 Å². The minimum Gasteiger partial charge on any atom is -0.497 e. The zero-order chi connectivity index (χ0) is 30.5. The van der Waals surface area contributed by atoms with Gasteiger partial charge in [-0.1, -0.05) is 24.3 Å². The van der Waals surface area contributed by atoms with Crippen molar-refractivity contribution in [3.63, 3.8) is 0 Å². The van der Waals surface area contributed by atoms with Crippen LogP contribution >= 0.6 is 0 Å². The molecule has 0 aliphatic carbocycles. The Labute approximate surface area is 252 Å². The topological polar surface area (TPSA) is 96.0 Å². The van der Waals surface area contributed by atoms with Crippen molar-refractivity contribution in [2.45, 2.75) is 25.4 Å². The number of benzene rings is 3. The fraction of sp³-hybridized carbons (Fsp3) is 0.394. The summed E-state index contributed by atoms with van der Waals surface area (Å²) in [4.78, 5) is 31.1. The van der Waals surface area contributed by atoms with Gasteiger partial charge in [0.25, 0.3) is 0 Å². The van der Waals surface area contributed by atoms with Crippen LogP contribution in [-0.2, 0) is 20.9 Å². The number of carbonyl (C=O) groups is 2. The number of hydrogen-bond acceptors (Lipinski definition) is 9. The van der Waals surface area contributed by atoms with Crippen LogP contribution in [0.15, 0.2) is 60.7 Å². The number of fused-ring (bicyclic) bond motifs is 1. The Kier molecular flexibility index (Phi) is 9.25. The van der Waals surface area contributed by atoms with Gasteiger partial charge in [-0.15, -0.1) is 0 Å². The summed E-state index contributed by atoms with van der Waals surface area (Å²) in [6, 6.07) is 18.6. The highest BCUT2D eigenvalue weighted by Gasteiger charge is 2.49. The molecule has 43 heavy (non-hydrogen) atoms. The highest BCUT2D eigenvalue weighted by atomic mass is 16.7. The lowest BCUT2D eigenvalue weighted by atomic mass is 9.82. The number of carbonyl (C=O) groups excluding carboxylic acids is 2. The molecule has 2 heterocycles. The number of hydrogen-bond donors (Lipinski definition) is 0. The molecule has 10 nitrogen and oxygen atoms in total. The molecular weight excluding hydrogens is 552 g/mol. The van der Waals surface area contributed by atoms with E-state index in [1.807, 2.05) is 60.7 Å². The van der Waals surface area contributed by atoms with E-state index in [-0.39, 0.29) is 37.7 Å². The van der Waals surface area contributed by atoms with Gasteiger partial charge in [0, 0.05) is 32.1 Å². The monoisotopic (exact) mass is 590 g/mol. The molecule has 1 fully saturated rings. The molecular formula is C33H38N2O8. The molecule has 3 atom stereocenters. The largest absolute Gasteiger partial charge is 0.497 e. The number of ether oxygens (including phenoxy) is 6. The van der Waals surface area contributed by atoms with Crippen LogP contribution in [0.4, 0.5) is 0 Å². The normalized spacial score (nSPS) is 19.1. The van der Waals surface area contributed by atoms with Gasteiger partial charge in [-0.05, 0) is 60.0 Å². The highest BCUT2D eigenvalue weighted by Crippen LogP contribution is 2.48. The third-order valence-electron chi connectivity index (χ3n) is 8.07. The van der Waals surface area contributed by atoms with Crippen LogP contribution in [0.2, 0.25) is 0 Å². The number of rotatable bonds is 11. The van der Waals surface area contributed by atoms with Crippen molar-refractivity contribution in [3.8, 4) is 28.7 Å². The molecule has 3 aromatic rings. The van der Waals surface area contributed by atoms with Crippen molar-refractivity contribution < 1.29 is 38.0 Å². The average Bonchev–Trinajstić information content (AvgIpc) is 3.65. The molecule has 228 valence electrons. The first-order chi connectivity index (χ1) is 20.9. The van der Waals surface area contributed by atoms with Gasteiger partial charge in [0.15, 0.2) is 23.0 Å². The summed E-state index contributed by atoms with van der Waals surface area (Å²) in [7, 11) is 6.55. The fourth-order valence-corrected chi connectivity index (χ4v) is 5.93. The highest BCUT2D eigenvalue weighted by molar-refractivity contribution is 5.79. The van der Waals surface area contributed by atoms with Crippen molar-refractivity contribution >= 4 is 11.9 Å². The van der Waals surface area contributed by atoms with E-state index in [0.717, 1.165) is 16.7 Å². The van der Waals surface area contributed by atoms with E-state index in [0.29, 0.717) is 41.8 Å². The molecule has 0 bridgehead atoms. The van der Waals surface area contributed by atoms with Crippen LogP contribution in [0, 0.1) is 5.92 Å². The van der Waals surface area contributed by atoms with Gasteiger partial charge < -0.3 is 33.3 Å². The third-order valence-corrected chi connectivity index (χ3v) is 8.07. The molecule has 5 rings (SSSR count). The van der Waals surface area contributed by atoms with Gasteiger partial charge in [-0.25, -0.2) is 0 Å². The summed E-state index contributed by atoms with van der Waals surface area (Å²) in [6.45, 7) is 3.17. The van der Waals surface area contributed by atoms with Crippen molar-refractivity contribution in [1.29, 1.82) is 0 Å². The molecule has 0 radical (unpaired) electrons. The van der Waals surface area contributed by atoms with E-state index in [4.69, 9.17) is 28.4 Å². The van der Waals surface area contributed by atoms with Gasteiger partial charge in [0.05, 0.1) is 40.4 Å². The van der Waals surface area contributed by atoms with Crippen LogP contribution in [-0.4, -0.2) is 76.5 Å². The van der Waals surface area contributed by atoms with Crippen LogP contribution in [0.1, 0.15) is 35.6 Å². The summed E-state index contributed by atoms with van der Waals surface area (Å²) in [5.41, 5.74) is 2.73. The molecule has 3 unspecified atom stereocenters. The molecule has 2 aliphatic rings. The number of esters is 1. The van der Waals surface area contributed by atoms with Gasteiger partial charge >= 0.3 is 5.97 Å². The Hall–Kier alpha value is -4.44. The molecule has 2 aliphatic heterocycles. The number of likely N-dealkylation sites (tertiary alicyclic amines) is 1. The fourth-order valence-electron chi connectivity index (χ4n) is 5.93. The Morgan fingerprint density at radius 2 is 1.60 bits per heavy atom. The number of amides is 1. The lowest BCUT2D eigenvalue weighted by Gasteiger charge is -2.29. The van der Waals surface area contributed by atoms with Gasteiger partial charge in [0.1, 0.15) is 5.75 Å². The van der Waals surface area contributed by atoms with E-state index in [9.17, 15) is 9.59 Å². The zero-order valence-electron chi connectivity index (χ0n) is 25.2. The first-order valence-electron chi connectivity index (χ1n) is 14.3. The average molecular weight is 591 g/mol. The second-order valence-corrected chi connectivity index (χ2v) is 10.6. The minimum absolute atomic E-state index is 0.0813. The quantitative estimate of drug-likeness (QED) is 0.301. The van der Waals surface area contributed by atoms with Crippen molar-refractivity contribution in [3.05, 3.63) is 77.4 Å². The zero-order valence-corrected chi connectivity index (χ0v) is 25.2. The summed E-state index contributed by atoms with van der Waals surface area (Å²) in [5, 5.41) is 0. The Bertz CT molecular complexity index is 1440. The lowest BCUT2D eigenvalue weighted by molar-refractivity contribution is -0.150. The Morgan fingerprint density at radius 1 is 0.884 bits per heavy atom. The predicted octanol–water partition coefficient (Wildman–Crippen LogP) is 4.42. The standard InChI is InChI=1S/C33H38N2O8/c1-6-41-33(37)31-25(23-10-14-27-29(16-23)43-20-42-27)18-35(32(31)22-8-11-24(38-3)12-9-22)19-30(36)34(2)17-21-7-13-26(39-4)28(15-21)40-5/h7-16,25,31-32H,6,17-20H2,1-5H3. The predicted molar refractivity (Wildman–Crippen MR) is 159 cm³/mol. The van der Waals surface area contributed by atoms with Crippen molar-refractivity contribution in [2.75, 3.05) is 54.9 Å². The number of nitrogens with zero attached hydrogens (tertiary/aromatic N) is 2. The van der Waals surface area contributed by atoms with Crippen molar-refractivity contribution in [1.82, 2.24) is 9.80 Å². The molecule has 3 aromatic carbocycles.